The third-order valence-electron chi connectivity index (χ3n) is 4.36. The molecule has 0 spiro atoms. The first-order valence-corrected chi connectivity index (χ1v) is 12.0. The van der Waals surface area contributed by atoms with Gasteiger partial charge in [-0.3, -0.25) is 4.99 Å². The number of carbonyl (C=O) groups is 1. The zero-order chi connectivity index (χ0) is 20.5. The van der Waals surface area contributed by atoms with Gasteiger partial charge in [0.05, 0.1) is 22.7 Å². The highest BCUT2D eigenvalue weighted by Crippen LogP contribution is 2.43. The molecule has 3 rings (SSSR count). The minimum absolute atomic E-state index is 0.0834. The largest absolute Gasteiger partial charge is 0.462 e. The van der Waals surface area contributed by atoms with E-state index in [0.29, 0.717) is 29.2 Å². The SMILES string of the molecule is CCOC(=O)c1c(Nc2ccc(I)cc2F)sc2c1CC(C)(C)CN=C2SC. The topological polar surface area (TPSA) is 50.7 Å². The number of hydrogen-bond acceptors (Lipinski definition) is 6. The number of ether oxygens (including phenoxy) is 1. The molecule has 0 saturated carbocycles. The van der Waals surface area contributed by atoms with Gasteiger partial charge in [-0.25, -0.2) is 9.18 Å². The molecule has 2 heterocycles. The summed E-state index contributed by atoms with van der Waals surface area (Å²) >= 11 is 5.07. The number of rotatable bonds is 4. The van der Waals surface area contributed by atoms with Gasteiger partial charge in [0.15, 0.2) is 0 Å². The molecule has 4 nitrogen and oxygen atoms in total. The maximum absolute atomic E-state index is 14.4. The average Bonchev–Trinajstić information content (AvgIpc) is 2.89. The Hall–Kier alpha value is -1.13. The molecule has 2 aromatic rings. The Morgan fingerprint density at radius 1 is 1.46 bits per heavy atom. The minimum atomic E-state index is -0.383. The molecule has 1 aliphatic rings. The van der Waals surface area contributed by atoms with Crippen LogP contribution in [0.1, 0.15) is 41.6 Å². The Kier molecular flexibility index (Phi) is 6.71. The average molecular weight is 532 g/mol. The Balaban J connectivity index is 2.15. The van der Waals surface area contributed by atoms with E-state index in [9.17, 15) is 9.18 Å². The predicted octanol–water partition coefficient (Wildman–Crippen LogP) is 6.10. The van der Waals surface area contributed by atoms with Crippen LogP contribution >= 0.6 is 45.7 Å². The Morgan fingerprint density at radius 3 is 2.86 bits per heavy atom. The van der Waals surface area contributed by atoms with Crippen molar-refractivity contribution >= 4 is 67.4 Å². The van der Waals surface area contributed by atoms with Gasteiger partial charge in [0.25, 0.3) is 0 Å². The molecule has 0 aliphatic carbocycles. The second kappa shape index (κ2) is 8.71. The normalized spacial score (nSPS) is 15.4. The molecule has 8 heteroatoms. The second-order valence-corrected chi connectivity index (χ2v) is 10.3. The van der Waals surface area contributed by atoms with Gasteiger partial charge in [0.1, 0.15) is 15.9 Å². The van der Waals surface area contributed by atoms with E-state index in [2.05, 4.69) is 41.8 Å². The molecule has 28 heavy (non-hydrogen) atoms. The van der Waals surface area contributed by atoms with Crippen molar-refractivity contribution in [3.63, 3.8) is 0 Å². The van der Waals surface area contributed by atoms with Crippen LogP contribution in [0.2, 0.25) is 0 Å². The number of carbonyl (C=O) groups excluding carboxylic acids is 1. The number of esters is 1. The van der Waals surface area contributed by atoms with E-state index in [1.165, 1.54) is 17.4 Å². The summed E-state index contributed by atoms with van der Waals surface area (Å²) < 4.78 is 20.6. The van der Waals surface area contributed by atoms with Gasteiger partial charge in [0.2, 0.25) is 0 Å². The molecule has 150 valence electrons. The van der Waals surface area contributed by atoms with Gasteiger partial charge >= 0.3 is 5.97 Å². The van der Waals surface area contributed by atoms with E-state index in [1.54, 1.807) is 24.8 Å². The lowest BCUT2D eigenvalue weighted by molar-refractivity contribution is 0.0526. The summed E-state index contributed by atoms with van der Waals surface area (Å²) in [5, 5.41) is 4.64. The molecular formula is C20H22FIN2O2S2. The summed E-state index contributed by atoms with van der Waals surface area (Å²) in [6.45, 7) is 7.05. The summed E-state index contributed by atoms with van der Waals surface area (Å²) in [5.41, 5.74) is 1.69. The predicted molar refractivity (Wildman–Crippen MR) is 125 cm³/mol. The van der Waals surface area contributed by atoms with Crippen LogP contribution in [0.4, 0.5) is 15.1 Å². The fourth-order valence-electron chi connectivity index (χ4n) is 3.08. The van der Waals surface area contributed by atoms with Gasteiger partial charge in [0, 0.05) is 10.1 Å². The van der Waals surface area contributed by atoms with E-state index in [0.717, 1.165) is 19.1 Å². The van der Waals surface area contributed by atoms with E-state index in [1.807, 2.05) is 12.3 Å². The zero-order valence-electron chi connectivity index (χ0n) is 16.2. The molecule has 0 unspecified atom stereocenters. The molecule has 0 amide bonds. The maximum Gasteiger partial charge on any atom is 0.341 e. The van der Waals surface area contributed by atoms with Crippen molar-refractivity contribution in [1.82, 2.24) is 0 Å². The molecule has 0 fully saturated rings. The molecule has 1 aromatic heterocycles. The summed E-state index contributed by atoms with van der Waals surface area (Å²) in [5.74, 6) is -0.740. The second-order valence-electron chi connectivity index (χ2n) is 7.25. The number of thiophene rings is 1. The molecule has 1 N–H and O–H groups in total. The highest BCUT2D eigenvalue weighted by Gasteiger charge is 2.33. The Morgan fingerprint density at radius 2 is 2.21 bits per heavy atom. The van der Waals surface area contributed by atoms with Crippen LogP contribution in [0.25, 0.3) is 0 Å². The van der Waals surface area contributed by atoms with Crippen molar-refractivity contribution in [3.8, 4) is 0 Å². The Bertz CT molecular complexity index is 941. The lowest BCUT2D eigenvalue weighted by Crippen LogP contribution is -2.20. The number of benzene rings is 1. The number of nitrogens with zero attached hydrogens (tertiary/aromatic N) is 1. The van der Waals surface area contributed by atoms with Crippen LogP contribution in [0, 0.1) is 14.8 Å². The molecule has 1 aliphatic heterocycles. The summed E-state index contributed by atoms with van der Waals surface area (Å²) in [6, 6.07) is 4.97. The lowest BCUT2D eigenvalue weighted by Gasteiger charge is -2.21. The molecule has 0 radical (unpaired) electrons. The fraction of sp³-hybridized carbons (Fsp3) is 0.400. The first-order chi connectivity index (χ1) is 13.3. The quantitative estimate of drug-likeness (QED) is 0.382. The van der Waals surface area contributed by atoms with Crippen LogP contribution in [0.3, 0.4) is 0 Å². The number of halogens is 2. The molecule has 0 saturated heterocycles. The summed E-state index contributed by atoms with van der Waals surface area (Å²) in [6.07, 6.45) is 2.69. The van der Waals surface area contributed by atoms with Gasteiger partial charge in [-0.05, 0) is 71.4 Å². The first-order valence-electron chi connectivity index (χ1n) is 8.89. The van der Waals surface area contributed by atoms with E-state index in [-0.39, 0.29) is 23.8 Å². The van der Waals surface area contributed by atoms with Gasteiger partial charge in [-0.15, -0.1) is 23.1 Å². The Labute approximate surface area is 186 Å². The van der Waals surface area contributed by atoms with Crippen LogP contribution in [0.5, 0.6) is 0 Å². The van der Waals surface area contributed by atoms with E-state index >= 15 is 0 Å². The van der Waals surface area contributed by atoms with Crippen molar-refractivity contribution in [2.24, 2.45) is 10.4 Å². The van der Waals surface area contributed by atoms with Crippen LogP contribution in [-0.4, -0.2) is 30.4 Å². The molecule has 0 atom stereocenters. The van der Waals surface area contributed by atoms with Gasteiger partial charge < -0.3 is 10.1 Å². The third kappa shape index (κ3) is 4.54. The smallest absolute Gasteiger partial charge is 0.341 e. The lowest BCUT2D eigenvalue weighted by atomic mass is 9.85. The number of nitrogens with one attached hydrogen (secondary N) is 1. The van der Waals surface area contributed by atoms with Gasteiger partial charge in [-0.2, -0.15) is 0 Å². The van der Waals surface area contributed by atoms with Crippen molar-refractivity contribution in [2.45, 2.75) is 27.2 Å². The van der Waals surface area contributed by atoms with Crippen LogP contribution < -0.4 is 5.32 Å². The van der Waals surface area contributed by atoms with E-state index < -0.39 is 0 Å². The maximum atomic E-state index is 14.4. The van der Waals surface area contributed by atoms with E-state index in [4.69, 9.17) is 9.73 Å². The third-order valence-corrected chi connectivity index (χ3v) is 7.03. The fourth-order valence-corrected chi connectivity index (χ4v) is 5.53. The van der Waals surface area contributed by atoms with Crippen LogP contribution in [-0.2, 0) is 11.2 Å². The van der Waals surface area contributed by atoms with Crippen molar-refractivity contribution < 1.29 is 13.9 Å². The molecular weight excluding hydrogens is 510 g/mol. The monoisotopic (exact) mass is 532 g/mol. The number of thioether (sulfide) groups is 1. The molecule has 0 bridgehead atoms. The first kappa shape index (κ1) is 21.6. The number of hydrogen-bond donors (Lipinski definition) is 1. The standard InChI is InChI=1S/C20H22FIN2O2S2/c1-5-26-19(25)15-12-9-20(2,3)10-23-18(27-4)16(12)28-17(15)24-14-7-6-11(22)8-13(14)21/h6-8,24H,5,9-10H2,1-4H3. The minimum Gasteiger partial charge on any atom is -0.462 e. The summed E-state index contributed by atoms with van der Waals surface area (Å²) in [7, 11) is 0. The number of aliphatic imine (C=N–C) groups is 1. The van der Waals surface area contributed by atoms with Crippen molar-refractivity contribution in [1.29, 1.82) is 0 Å². The van der Waals surface area contributed by atoms with Crippen molar-refractivity contribution in [2.75, 3.05) is 24.7 Å². The van der Waals surface area contributed by atoms with Gasteiger partial charge in [-0.1, -0.05) is 13.8 Å². The zero-order valence-corrected chi connectivity index (χ0v) is 20.0. The number of anilines is 2. The number of fused-ring (bicyclic) bond motifs is 1. The highest BCUT2D eigenvalue weighted by atomic mass is 127. The molecule has 1 aromatic carbocycles. The summed E-state index contributed by atoms with van der Waals surface area (Å²) in [4.78, 5) is 18.6. The van der Waals surface area contributed by atoms with Crippen LogP contribution in [0.15, 0.2) is 23.2 Å². The highest BCUT2D eigenvalue weighted by molar-refractivity contribution is 14.1. The van der Waals surface area contributed by atoms with Crippen molar-refractivity contribution in [3.05, 3.63) is 43.6 Å².